The summed E-state index contributed by atoms with van der Waals surface area (Å²) in [6.45, 7) is 5.58. The SMILES string of the molecule is CC(CN1CC(C(=O)N2CCN(c3ncc(Cl)cn3)CC2)C1)Nc1cn[nH]c(=O)c1C(F)(F)F. The topological polar surface area (TPSA) is 110 Å². The van der Waals surface area contributed by atoms with E-state index in [-0.39, 0.29) is 23.6 Å². The highest BCUT2D eigenvalue weighted by Crippen LogP contribution is 2.31. The summed E-state index contributed by atoms with van der Waals surface area (Å²) in [6, 6.07) is -0.385. The van der Waals surface area contributed by atoms with E-state index in [1.54, 1.807) is 6.92 Å². The molecule has 0 radical (unpaired) electrons. The molecular weight excluding hydrogens is 477 g/mol. The van der Waals surface area contributed by atoms with Crippen molar-refractivity contribution >= 4 is 29.1 Å². The Morgan fingerprint density at radius 2 is 1.85 bits per heavy atom. The van der Waals surface area contributed by atoms with Gasteiger partial charge in [-0.15, -0.1) is 0 Å². The molecule has 2 aliphatic heterocycles. The van der Waals surface area contributed by atoms with Crippen LogP contribution in [0.25, 0.3) is 0 Å². The molecule has 2 aromatic heterocycles. The van der Waals surface area contributed by atoms with Crippen LogP contribution in [0.1, 0.15) is 12.5 Å². The number of aromatic nitrogens is 4. The number of piperazine rings is 1. The first-order chi connectivity index (χ1) is 16.1. The van der Waals surface area contributed by atoms with Crippen molar-refractivity contribution in [2.24, 2.45) is 5.92 Å². The third kappa shape index (κ3) is 5.41. The second kappa shape index (κ2) is 9.74. The number of amides is 1. The van der Waals surface area contributed by atoms with E-state index in [0.29, 0.717) is 56.8 Å². The van der Waals surface area contributed by atoms with Gasteiger partial charge in [0.15, 0.2) is 0 Å². The summed E-state index contributed by atoms with van der Waals surface area (Å²) in [5.74, 6) is 0.515. The summed E-state index contributed by atoms with van der Waals surface area (Å²) in [6.07, 6.45) is -0.762. The number of nitrogens with zero attached hydrogens (tertiary/aromatic N) is 6. The minimum absolute atomic E-state index is 0.0756. The lowest BCUT2D eigenvalue weighted by Crippen LogP contribution is -2.59. The Morgan fingerprint density at radius 3 is 2.47 bits per heavy atom. The van der Waals surface area contributed by atoms with Gasteiger partial charge < -0.3 is 15.1 Å². The summed E-state index contributed by atoms with van der Waals surface area (Å²) in [5.41, 5.74) is -2.95. The maximum atomic E-state index is 13.2. The van der Waals surface area contributed by atoms with Crippen LogP contribution in [-0.4, -0.2) is 87.7 Å². The third-order valence-electron chi connectivity index (χ3n) is 5.86. The third-order valence-corrected chi connectivity index (χ3v) is 6.06. The number of halogens is 4. The van der Waals surface area contributed by atoms with Gasteiger partial charge in [0.1, 0.15) is 5.56 Å². The van der Waals surface area contributed by atoms with Gasteiger partial charge in [-0.05, 0) is 6.92 Å². The van der Waals surface area contributed by atoms with Crippen molar-refractivity contribution in [3.05, 3.63) is 39.5 Å². The highest BCUT2D eigenvalue weighted by Gasteiger charge is 2.39. The lowest BCUT2D eigenvalue weighted by molar-refractivity contribution is -0.141. The van der Waals surface area contributed by atoms with Gasteiger partial charge in [0.05, 0.1) is 35.2 Å². The van der Waals surface area contributed by atoms with E-state index in [9.17, 15) is 22.8 Å². The van der Waals surface area contributed by atoms with Crippen molar-refractivity contribution < 1.29 is 18.0 Å². The maximum Gasteiger partial charge on any atom is 0.423 e. The van der Waals surface area contributed by atoms with Gasteiger partial charge >= 0.3 is 6.18 Å². The molecule has 2 N–H and O–H groups in total. The Bertz CT molecular complexity index is 1070. The lowest BCUT2D eigenvalue weighted by atomic mass is 9.97. The normalized spacial score (nSPS) is 18.5. The van der Waals surface area contributed by atoms with Gasteiger partial charge in [-0.2, -0.15) is 18.3 Å². The minimum Gasteiger partial charge on any atom is -0.379 e. The summed E-state index contributed by atoms with van der Waals surface area (Å²) < 4.78 is 39.6. The molecule has 0 bridgehead atoms. The molecule has 2 aromatic rings. The first-order valence-electron chi connectivity index (χ1n) is 10.8. The van der Waals surface area contributed by atoms with Crippen LogP contribution in [0.15, 0.2) is 23.4 Å². The Kier molecular flexibility index (Phi) is 6.94. The first-order valence-corrected chi connectivity index (χ1v) is 11.1. The quantitative estimate of drug-likeness (QED) is 0.611. The van der Waals surface area contributed by atoms with E-state index in [1.807, 2.05) is 19.8 Å². The molecular formula is C20H24ClF3N8O2. The van der Waals surface area contributed by atoms with Gasteiger partial charge in [0.25, 0.3) is 5.56 Å². The second-order valence-electron chi connectivity index (χ2n) is 8.46. The average Bonchev–Trinajstić information content (AvgIpc) is 2.75. The summed E-state index contributed by atoms with van der Waals surface area (Å²) in [4.78, 5) is 38.7. The Hall–Kier alpha value is -2.93. The molecule has 2 saturated heterocycles. The fourth-order valence-electron chi connectivity index (χ4n) is 4.22. The minimum atomic E-state index is -4.80. The number of aromatic amines is 1. The monoisotopic (exact) mass is 500 g/mol. The fraction of sp³-hybridized carbons (Fsp3) is 0.550. The summed E-state index contributed by atoms with van der Waals surface area (Å²) in [5, 5.41) is 8.46. The van der Waals surface area contributed by atoms with E-state index in [2.05, 4.69) is 20.4 Å². The molecule has 2 fully saturated rings. The highest BCUT2D eigenvalue weighted by atomic mass is 35.5. The van der Waals surface area contributed by atoms with Crippen LogP contribution in [-0.2, 0) is 11.0 Å². The molecule has 4 rings (SSSR count). The molecule has 0 saturated carbocycles. The summed E-state index contributed by atoms with van der Waals surface area (Å²) in [7, 11) is 0. The Balaban J connectivity index is 1.23. The smallest absolute Gasteiger partial charge is 0.379 e. The number of hydrogen-bond acceptors (Lipinski definition) is 8. The second-order valence-corrected chi connectivity index (χ2v) is 8.90. The summed E-state index contributed by atoms with van der Waals surface area (Å²) >= 11 is 5.82. The number of alkyl halides is 3. The predicted molar refractivity (Wildman–Crippen MR) is 119 cm³/mol. The number of nitrogens with one attached hydrogen (secondary N) is 2. The molecule has 1 atom stereocenters. The van der Waals surface area contributed by atoms with E-state index in [1.165, 1.54) is 12.4 Å². The van der Waals surface area contributed by atoms with E-state index < -0.39 is 17.3 Å². The van der Waals surface area contributed by atoms with Crippen molar-refractivity contribution in [2.75, 3.05) is 56.0 Å². The van der Waals surface area contributed by atoms with Gasteiger partial charge in [-0.3, -0.25) is 14.5 Å². The van der Waals surface area contributed by atoms with Crippen molar-refractivity contribution in [1.29, 1.82) is 0 Å². The van der Waals surface area contributed by atoms with Crippen LogP contribution in [0.3, 0.4) is 0 Å². The predicted octanol–water partition coefficient (Wildman–Crippen LogP) is 1.31. The first kappa shape index (κ1) is 24.2. The average molecular weight is 501 g/mol. The van der Waals surface area contributed by atoms with E-state index >= 15 is 0 Å². The fourth-order valence-corrected chi connectivity index (χ4v) is 4.31. The molecule has 1 unspecified atom stereocenters. The molecule has 1 amide bonds. The lowest BCUT2D eigenvalue weighted by Gasteiger charge is -2.43. The van der Waals surface area contributed by atoms with Crippen LogP contribution in [0, 0.1) is 5.92 Å². The van der Waals surface area contributed by atoms with Crippen LogP contribution in [0.4, 0.5) is 24.8 Å². The van der Waals surface area contributed by atoms with Crippen LogP contribution in [0.2, 0.25) is 5.02 Å². The largest absolute Gasteiger partial charge is 0.423 e. The number of likely N-dealkylation sites (tertiary alicyclic amines) is 1. The van der Waals surface area contributed by atoms with Crippen LogP contribution in [0.5, 0.6) is 0 Å². The molecule has 0 aliphatic carbocycles. The van der Waals surface area contributed by atoms with Gasteiger partial charge in [0.2, 0.25) is 11.9 Å². The zero-order valence-corrected chi connectivity index (χ0v) is 19.1. The van der Waals surface area contributed by atoms with Gasteiger partial charge in [0, 0.05) is 51.9 Å². The number of anilines is 2. The Labute approximate surface area is 198 Å². The Morgan fingerprint density at radius 1 is 1.21 bits per heavy atom. The molecule has 10 nitrogen and oxygen atoms in total. The molecule has 14 heteroatoms. The van der Waals surface area contributed by atoms with Gasteiger partial charge in [-0.1, -0.05) is 11.6 Å². The molecule has 0 spiro atoms. The molecule has 184 valence electrons. The van der Waals surface area contributed by atoms with Crippen molar-refractivity contribution in [3.63, 3.8) is 0 Å². The molecule has 34 heavy (non-hydrogen) atoms. The van der Waals surface area contributed by atoms with Crippen molar-refractivity contribution in [2.45, 2.75) is 19.1 Å². The van der Waals surface area contributed by atoms with Crippen LogP contribution < -0.4 is 15.8 Å². The van der Waals surface area contributed by atoms with Crippen molar-refractivity contribution in [3.8, 4) is 0 Å². The molecule has 4 heterocycles. The number of hydrogen-bond donors (Lipinski definition) is 2. The van der Waals surface area contributed by atoms with E-state index in [4.69, 9.17) is 11.6 Å². The zero-order chi connectivity index (χ0) is 24.5. The van der Waals surface area contributed by atoms with E-state index in [0.717, 1.165) is 6.20 Å². The zero-order valence-electron chi connectivity index (χ0n) is 18.3. The molecule has 0 aromatic carbocycles. The number of carbonyl (C=O) groups excluding carboxylic acids is 1. The number of rotatable bonds is 6. The highest BCUT2D eigenvalue weighted by molar-refractivity contribution is 6.30. The maximum absolute atomic E-state index is 13.2. The van der Waals surface area contributed by atoms with Crippen LogP contribution >= 0.6 is 11.6 Å². The molecule has 2 aliphatic rings. The number of carbonyl (C=O) groups is 1. The number of H-pyrrole nitrogens is 1. The van der Waals surface area contributed by atoms with Gasteiger partial charge in [-0.25, -0.2) is 15.1 Å². The standard InChI is InChI=1S/C20H24ClF3N8O2/c1-12(28-15-8-27-29-17(33)16(15)20(22,23)24)9-30-10-13(11-30)18(34)31-2-4-32(5-3-31)19-25-6-14(21)7-26-19/h6-8,12-13H,2-5,9-11H2,1H3,(H2,28,29,33). The van der Waals surface area contributed by atoms with Crippen molar-refractivity contribution in [1.82, 2.24) is 30.0 Å².